The summed E-state index contributed by atoms with van der Waals surface area (Å²) < 4.78 is 0. The molecule has 1 saturated heterocycles. The van der Waals surface area contributed by atoms with E-state index in [9.17, 15) is 4.79 Å². The molecule has 1 amide bonds. The molecule has 112 valence electrons. The van der Waals surface area contributed by atoms with Gasteiger partial charge >= 0.3 is 0 Å². The largest absolute Gasteiger partial charge is 0.370 e. The Bertz CT molecular complexity index is 304. The second-order valence-electron chi connectivity index (χ2n) is 5.87. The topological polar surface area (TPSA) is 70.7 Å². The first-order valence-electron chi connectivity index (χ1n) is 6.74. The first kappa shape index (κ1) is 18.5. The van der Waals surface area contributed by atoms with Crippen LogP contribution in [0.25, 0.3) is 0 Å². The monoisotopic (exact) mass is 382 g/mol. The molecule has 1 heterocycles. The number of nitrogens with one attached hydrogen (secondary N) is 1. The van der Waals surface area contributed by atoms with Crippen molar-refractivity contribution in [2.45, 2.75) is 52.0 Å². The zero-order valence-electron chi connectivity index (χ0n) is 12.2. The van der Waals surface area contributed by atoms with Crippen molar-refractivity contribution in [3.63, 3.8) is 0 Å². The van der Waals surface area contributed by atoms with Gasteiger partial charge in [-0.25, -0.2) is 4.99 Å². The predicted octanol–water partition coefficient (Wildman–Crippen LogP) is 1.71. The Morgan fingerprint density at radius 3 is 2.21 bits per heavy atom. The van der Waals surface area contributed by atoms with E-state index in [1.54, 1.807) is 0 Å². The van der Waals surface area contributed by atoms with Gasteiger partial charge < -0.3 is 16.0 Å². The van der Waals surface area contributed by atoms with Crippen LogP contribution in [0.1, 0.15) is 46.5 Å². The molecule has 0 saturated carbocycles. The van der Waals surface area contributed by atoms with E-state index in [1.807, 2.05) is 20.8 Å². The number of nitrogens with zero attached hydrogens (tertiary/aromatic N) is 2. The molecule has 6 heteroatoms. The normalized spacial score (nSPS) is 17.4. The van der Waals surface area contributed by atoms with Gasteiger partial charge in [0.2, 0.25) is 5.91 Å². The number of aliphatic imine (C=N–C) groups is 1. The summed E-state index contributed by atoms with van der Waals surface area (Å²) in [5.74, 6) is 0.418. The van der Waals surface area contributed by atoms with E-state index >= 15 is 0 Å². The maximum Gasteiger partial charge on any atom is 0.242 e. The number of guanidine groups is 1. The van der Waals surface area contributed by atoms with Crippen molar-refractivity contribution in [3.05, 3.63) is 0 Å². The fraction of sp³-hybridized carbons (Fsp3) is 0.846. The molecule has 1 fully saturated rings. The Hall–Kier alpha value is -0.530. The smallest absolute Gasteiger partial charge is 0.242 e. The number of rotatable bonds is 2. The molecular formula is C13H27IN4O. The lowest BCUT2D eigenvalue weighted by atomic mass is 10.1. The van der Waals surface area contributed by atoms with Gasteiger partial charge in [-0.3, -0.25) is 4.79 Å². The van der Waals surface area contributed by atoms with E-state index in [-0.39, 0.29) is 42.0 Å². The first-order chi connectivity index (χ1) is 8.38. The second-order valence-corrected chi connectivity index (χ2v) is 5.87. The molecule has 0 aromatic rings. The SMILES string of the molecule is CC(C)(C)NC(=O)CN=C(N)N1CCCCCC1.I. The summed E-state index contributed by atoms with van der Waals surface area (Å²) in [5.41, 5.74) is 5.71. The number of carbonyl (C=O) groups is 1. The Morgan fingerprint density at radius 1 is 1.21 bits per heavy atom. The standard InChI is InChI=1S/C13H26N4O.HI/c1-13(2,3)16-11(18)10-15-12(14)17-8-6-4-5-7-9-17;/h4-10H2,1-3H3,(H2,14,15)(H,16,18);1H. The van der Waals surface area contributed by atoms with Gasteiger partial charge in [0.1, 0.15) is 6.54 Å². The van der Waals surface area contributed by atoms with Crippen LogP contribution < -0.4 is 11.1 Å². The van der Waals surface area contributed by atoms with Crippen molar-refractivity contribution < 1.29 is 4.79 Å². The lowest BCUT2D eigenvalue weighted by Gasteiger charge is -2.22. The van der Waals surface area contributed by atoms with E-state index in [4.69, 9.17) is 5.73 Å². The molecule has 19 heavy (non-hydrogen) atoms. The van der Waals surface area contributed by atoms with Crippen molar-refractivity contribution >= 4 is 35.8 Å². The lowest BCUT2D eigenvalue weighted by Crippen LogP contribution is -2.43. The minimum Gasteiger partial charge on any atom is -0.370 e. The first-order valence-corrected chi connectivity index (χ1v) is 6.74. The van der Waals surface area contributed by atoms with Crippen LogP contribution in [0, 0.1) is 0 Å². The lowest BCUT2D eigenvalue weighted by molar-refractivity contribution is -0.121. The highest BCUT2D eigenvalue weighted by molar-refractivity contribution is 14.0. The summed E-state index contributed by atoms with van der Waals surface area (Å²) in [6, 6.07) is 0. The summed E-state index contributed by atoms with van der Waals surface area (Å²) >= 11 is 0. The van der Waals surface area contributed by atoms with Crippen LogP contribution in [0.5, 0.6) is 0 Å². The highest BCUT2D eigenvalue weighted by Crippen LogP contribution is 2.09. The van der Waals surface area contributed by atoms with Crippen molar-refractivity contribution in [3.8, 4) is 0 Å². The molecule has 0 aromatic heterocycles. The number of nitrogens with two attached hydrogens (primary N) is 1. The summed E-state index contributed by atoms with van der Waals surface area (Å²) in [6.45, 7) is 7.87. The van der Waals surface area contributed by atoms with Crippen LogP contribution in [-0.2, 0) is 4.79 Å². The molecule has 0 unspecified atom stereocenters. The number of likely N-dealkylation sites (tertiary alicyclic amines) is 1. The fourth-order valence-corrected chi connectivity index (χ4v) is 2.01. The number of hydrogen-bond donors (Lipinski definition) is 2. The average molecular weight is 382 g/mol. The average Bonchev–Trinajstić information content (AvgIpc) is 2.52. The zero-order chi connectivity index (χ0) is 13.6. The van der Waals surface area contributed by atoms with Crippen molar-refractivity contribution in [1.29, 1.82) is 0 Å². The van der Waals surface area contributed by atoms with E-state index in [0.29, 0.717) is 5.96 Å². The molecule has 5 nitrogen and oxygen atoms in total. The van der Waals surface area contributed by atoms with E-state index in [1.165, 1.54) is 12.8 Å². The fourth-order valence-electron chi connectivity index (χ4n) is 2.01. The van der Waals surface area contributed by atoms with Gasteiger partial charge in [0.05, 0.1) is 0 Å². The van der Waals surface area contributed by atoms with Crippen LogP contribution in [-0.4, -0.2) is 41.9 Å². The van der Waals surface area contributed by atoms with Crippen molar-refractivity contribution in [2.75, 3.05) is 19.6 Å². The molecule has 3 N–H and O–H groups in total. The Kier molecular flexibility index (Phi) is 8.36. The van der Waals surface area contributed by atoms with E-state index in [2.05, 4.69) is 15.2 Å². The minimum absolute atomic E-state index is 0. The predicted molar refractivity (Wildman–Crippen MR) is 89.8 cm³/mol. The molecular weight excluding hydrogens is 355 g/mol. The molecule has 1 aliphatic heterocycles. The Balaban J connectivity index is 0.00000324. The summed E-state index contributed by atoms with van der Waals surface area (Å²) in [6.07, 6.45) is 4.83. The third kappa shape index (κ3) is 8.28. The van der Waals surface area contributed by atoms with Crippen molar-refractivity contribution in [1.82, 2.24) is 10.2 Å². The zero-order valence-corrected chi connectivity index (χ0v) is 14.6. The maximum absolute atomic E-state index is 11.6. The number of carbonyl (C=O) groups excluding carboxylic acids is 1. The van der Waals surface area contributed by atoms with Gasteiger partial charge in [-0.05, 0) is 33.6 Å². The minimum atomic E-state index is -0.218. The van der Waals surface area contributed by atoms with Gasteiger partial charge in [-0.15, -0.1) is 24.0 Å². The molecule has 0 spiro atoms. The third-order valence-corrected chi connectivity index (χ3v) is 2.83. The van der Waals surface area contributed by atoms with Gasteiger partial charge in [0.15, 0.2) is 5.96 Å². The Morgan fingerprint density at radius 2 is 1.74 bits per heavy atom. The highest BCUT2D eigenvalue weighted by atomic mass is 127. The molecule has 0 aromatic carbocycles. The Labute approximate surface area is 133 Å². The van der Waals surface area contributed by atoms with Crippen LogP contribution in [0.2, 0.25) is 0 Å². The number of hydrogen-bond acceptors (Lipinski definition) is 2. The van der Waals surface area contributed by atoms with Crippen LogP contribution in [0.4, 0.5) is 0 Å². The van der Waals surface area contributed by atoms with Crippen molar-refractivity contribution in [2.24, 2.45) is 10.7 Å². The molecule has 1 aliphatic rings. The highest BCUT2D eigenvalue weighted by Gasteiger charge is 2.14. The molecule has 0 radical (unpaired) electrons. The maximum atomic E-state index is 11.6. The van der Waals surface area contributed by atoms with Crippen LogP contribution in [0.15, 0.2) is 4.99 Å². The van der Waals surface area contributed by atoms with E-state index < -0.39 is 0 Å². The summed E-state index contributed by atoms with van der Waals surface area (Å²) in [4.78, 5) is 17.9. The second kappa shape index (κ2) is 8.60. The third-order valence-electron chi connectivity index (χ3n) is 2.83. The molecule has 0 aliphatic carbocycles. The molecule has 1 rings (SSSR count). The number of amides is 1. The van der Waals surface area contributed by atoms with Crippen LogP contribution in [0.3, 0.4) is 0 Å². The molecule has 0 atom stereocenters. The van der Waals surface area contributed by atoms with Gasteiger partial charge in [0, 0.05) is 18.6 Å². The van der Waals surface area contributed by atoms with Gasteiger partial charge in [-0.2, -0.15) is 0 Å². The number of halogens is 1. The molecule has 0 bridgehead atoms. The van der Waals surface area contributed by atoms with Gasteiger partial charge in [-0.1, -0.05) is 12.8 Å². The van der Waals surface area contributed by atoms with Crippen LogP contribution >= 0.6 is 24.0 Å². The summed E-state index contributed by atoms with van der Waals surface area (Å²) in [5, 5.41) is 2.87. The van der Waals surface area contributed by atoms with Gasteiger partial charge in [0.25, 0.3) is 0 Å². The van der Waals surface area contributed by atoms with E-state index in [0.717, 1.165) is 25.9 Å². The quantitative estimate of drug-likeness (QED) is 0.434. The summed E-state index contributed by atoms with van der Waals surface area (Å²) in [7, 11) is 0.